The number of nitro benzene ring substituents is 1. The van der Waals surface area contributed by atoms with Gasteiger partial charge in [-0.05, 0) is 23.3 Å². The number of nitrogens with zero attached hydrogens (tertiary/aromatic N) is 2. The van der Waals surface area contributed by atoms with Gasteiger partial charge in [-0.3, -0.25) is 15.0 Å². The van der Waals surface area contributed by atoms with Gasteiger partial charge < -0.3 is 14.8 Å². The van der Waals surface area contributed by atoms with E-state index in [-0.39, 0.29) is 16.7 Å². The molecule has 1 saturated heterocycles. The quantitative estimate of drug-likeness (QED) is 0.568. The first-order chi connectivity index (χ1) is 13.2. The molecule has 27 heavy (non-hydrogen) atoms. The first-order valence-corrected chi connectivity index (χ1v) is 9.07. The number of benzene rings is 2. The maximum atomic E-state index is 10.8. The molecule has 0 aliphatic carbocycles. The lowest BCUT2D eigenvalue weighted by Gasteiger charge is -2.35. The van der Waals surface area contributed by atoms with E-state index in [1.807, 2.05) is 12.1 Å². The summed E-state index contributed by atoms with van der Waals surface area (Å²) in [5, 5.41) is 14.2. The third kappa shape index (κ3) is 5.26. The normalized spacial score (nSPS) is 16.0. The first kappa shape index (κ1) is 19.3. The fraction of sp³-hybridized carbons (Fsp3) is 0.400. The third-order valence-corrected chi connectivity index (χ3v) is 4.80. The average Bonchev–Trinajstić information content (AvgIpc) is 2.72. The van der Waals surface area contributed by atoms with E-state index in [0.717, 1.165) is 44.2 Å². The summed E-state index contributed by atoms with van der Waals surface area (Å²) in [7, 11) is 1.67. The van der Waals surface area contributed by atoms with Crippen molar-refractivity contribution in [2.75, 3.05) is 40.0 Å². The molecule has 2 aromatic carbocycles. The van der Waals surface area contributed by atoms with E-state index < -0.39 is 0 Å². The zero-order valence-corrected chi connectivity index (χ0v) is 15.5. The number of hydrogen-bond acceptors (Lipinski definition) is 6. The van der Waals surface area contributed by atoms with Gasteiger partial charge in [0.15, 0.2) is 0 Å². The molecule has 0 aromatic heterocycles. The van der Waals surface area contributed by atoms with E-state index in [9.17, 15) is 10.1 Å². The fourth-order valence-electron chi connectivity index (χ4n) is 3.26. The lowest BCUT2D eigenvalue weighted by molar-refractivity contribution is -0.384. The van der Waals surface area contributed by atoms with E-state index in [1.165, 1.54) is 5.56 Å². The van der Waals surface area contributed by atoms with Crippen LogP contribution in [0.5, 0.6) is 5.75 Å². The van der Waals surface area contributed by atoms with Crippen molar-refractivity contribution >= 4 is 5.69 Å². The van der Waals surface area contributed by atoms with E-state index in [1.54, 1.807) is 31.4 Å². The number of methoxy groups -OCH3 is 1. The van der Waals surface area contributed by atoms with Gasteiger partial charge in [-0.25, -0.2) is 0 Å². The smallest absolute Gasteiger partial charge is 0.269 e. The Morgan fingerprint density at radius 3 is 2.41 bits per heavy atom. The van der Waals surface area contributed by atoms with Crippen molar-refractivity contribution in [1.29, 1.82) is 0 Å². The molecule has 7 heteroatoms. The Hall–Kier alpha value is -2.48. The highest BCUT2D eigenvalue weighted by Crippen LogP contribution is 2.24. The summed E-state index contributed by atoms with van der Waals surface area (Å²) in [6, 6.07) is 15.1. The van der Waals surface area contributed by atoms with Gasteiger partial charge in [-0.1, -0.05) is 24.3 Å². The van der Waals surface area contributed by atoms with Crippen LogP contribution < -0.4 is 10.1 Å². The molecular formula is C20H25N3O4. The SMILES string of the molecule is COc1ccc(C(CNCc2ccc([N+](=O)[O-])cc2)N2CCOCC2)cc1. The van der Waals surface area contributed by atoms with E-state index in [2.05, 4.69) is 22.3 Å². The third-order valence-electron chi connectivity index (χ3n) is 4.80. The van der Waals surface area contributed by atoms with Crippen molar-refractivity contribution in [1.82, 2.24) is 10.2 Å². The van der Waals surface area contributed by atoms with Crippen LogP contribution in [0.15, 0.2) is 48.5 Å². The zero-order valence-electron chi connectivity index (χ0n) is 15.5. The summed E-state index contributed by atoms with van der Waals surface area (Å²) in [6.45, 7) is 4.73. The Morgan fingerprint density at radius 1 is 1.15 bits per heavy atom. The van der Waals surface area contributed by atoms with Crippen LogP contribution in [0.25, 0.3) is 0 Å². The molecule has 1 unspecified atom stereocenters. The molecule has 0 saturated carbocycles. The minimum Gasteiger partial charge on any atom is -0.497 e. The van der Waals surface area contributed by atoms with E-state index in [0.29, 0.717) is 6.54 Å². The van der Waals surface area contributed by atoms with Crippen LogP contribution in [0.2, 0.25) is 0 Å². The maximum absolute atomic E-state index is 10.8. The number of non-ortho nitro benzene ring substituents is 1. The Morgan fingerprint density at radius 2 is 1.81 bits per heavy atom. The Bertz CT molecular complexity index is 728. The lowest BCUT2D eigenvalue weighted by atomic mass is 10.0. The van der Waals surface area contributed by atoms with Crippen molar-refractivity contribution in [2.24, 2.45) is 0 Å². The number of nitrogens with one attached hydrogen (secondary N) is 1. The molecule has 0 spiro atoms. The van der Waals surface area contributed by atoms with Crippen LogP contribution in [0, 0.1) is 10.1 Å². The molecule has 1 aliphatic rings. The van der Waals surface area contributed by atoms with Crippen LogP contribution >= 0.6 is 0 Å². The minimum absolute atomic E-state index is 0.114. The van der Waals surface area contributed by atoms with Gasteiger partial charge in [0.2, 0.25) is 0 Å². The number of nitro groups is 1. The number of hydrogen-bond donors (Lipinski definition) is 1. The molecule has 1 fully saturated rings. The monoisotopic (exact) mass is 371 g/mol. The maximum Gasteiger partial charge on any atom is 0.269 e. The number of morpholine rings is 1. The average molecular weight is 371 g/mol. The topological polar surface area (TPSA) is 76.9 Å². The van der Waals surface area contributed by atoms with Crippen LogP contribution in [0.1, 0.15) is 17.2 Å². The van der Waals surface area contributed by atoms with E-state index >= 15 is 0 Å². The second-order valence-electron chi connectivity index (χ2n) is 6.49. The lowest BCUT2D eigenvalue weighted by Crippen LogP contribution is -2.42. The molecule has 3 rings (SSSR count). The predicted octanol–water partition coefficient (Wildman–Crippen LogP) is 2.77. The molecule has 0 amide bonds. The molecule has 7 nitrogen and oxygen atoms in total. The summed E-state index contributed by atoms with van der Waals surface area (Å²) in [5.41, 5.74) is 2.37. The van der Waals surface area contributed by atoms with Crippen LogP contribution in [-0.4, -0.2) is 49.8 Å². The molecule has 2 aromatic rings. The highest BCUT2D eigenvalue weighted by molar-refractivity contribution is 5.33. The molecule has 0 radical (unpaired) electrons. The Labute approximate surface area is 159 Å². The largest absolute Gasteiger partial charge is 0.497 e. The van der Waals surface area contributed by atoms with Gasteiger partial charge >= 0.3 is 0 Å². The predicted molar refractivity (Wildman–Crippen MR) is 103 cm³/mol. The van der Waals surface area contributed by atoms with Gasteiger partial charge in [0.1, 0.15) is 5.75 Å². The van der Waals surface area contributed by atoms with Crippen molar-refractivity contribution < 1.29 is 14.4 Å². The minimum atomic E-state index is -0.380. The molecule has 1 N–H and O–H groups in total. The van der Waals surface area contributed by atoms with Crippen molar-refractivity contribution in [3.63, 3.8) is 0 Å². The van der Waals surface area contributed by atoms with Crippen LogP contribution in [0.4, 0.5) is 5.69 Å². The van der Waals surface area contributed by atoms with Gasteiger partial charge in [0.25, 0.3) is 5.69 Å². The Kier molecular flexibility index (Phi) is 6.75. The molecular weight excluding hydrogens is 346 g/mol. The second-order valence-corrected chi connectivity index (χ2v) is 6.49. The molecule has 144 valence electrons. The highest BCUT2D eigenvalue weighted by atomic mass is 16.6. The van der Waals surface area contributed by atoms with Crippen molar-refractivity contribution in [3.05, 3.63) is 69.8 Å². The Balaban J connectivity index is 1.64. The fourth-order valence-corrected chi connectivity index (χ4v) is 3.26. The molecule has 0 bridgehead atoms. The van der Waals surface area contributed by atoms with Crippen LogP contribution in [0.3, 0.4) is 0 Å². The highest BCUT2D eigenvalue weighted by Gasteiger charge is 2.22. The van der Waals surface area contributed by atoms with Crippen LogP contribution in [-0.2, 0) is 11.3 Å². The molecule has 1 heterocycles. The standard InChI is InChI=1S/C20H25N3O4/c1-26-19-8-4-17(5-9-19)20(22-10-12-27-13-11-22)15-21-14-16-2-6-18(7-3-16)23(24)25/h2-9,20-21H,10-15H2,1H3. The van der Waals surface area contributed by atoms with E-state index in [4.69, 9.17) is 9.47 Å². The van der Waals surface area contributed by atoms with Crippen molar-refractivity contribution in [3.8, 4) is 5.75 Å². The van der Waals surface area contributed by atoms with Gasteiger partial charge in [0, 0.05) is 44.4 Å². The first-order valence-electron chi connectivity index (χ1n) is 9.07. The zero-order chi connectivity index (χ0) is 19.1. The summed E-state index contributed by atoms with van der Waals surface area (Å²) >= 11 is 0. The number of ether oxygens (including phenoxy) is 2. The van der Waals surface area contributed by atoms with Crippen molar-refractivity contribution in [2.45, 2.75) is 12.6 Å². The summed E-state index contributed by atoms with van der Waals surface area (Å²) in [4.78, 5) is 12.8. The molecule has 1 aliphatic heterocycles. The summed E-state index contributed by atoms with van der Waals surface area (Å²) in [5.74, 6) is 0.846. The molecule has 1 atom stereocenters. The van der Waals surface area contributed by atoms with Gasteiger partial charge in [0.05, 0.1) is 25.2 Å². The second kappa shape index (κ2) is 9.45. The van der Waals surface area contributed by atoms with Gasteiger partial charge in [-0.15, -0.1) is 0 Å². The summed E-state index contributed by atoms with van der Waals surface area (Å²) < 4.78 is 10.8. The number of rotatable bonds is 8. The summed E-state index contributed by atoms with van der Waals surface area (Å²) in [6.07, 6.45) is 0. The van der Waals surface area contributed by atoms with Gasteiger partial charge in [-0.2, -0.15) is 0 Å².